The van der Waals surface area contributed by atoms with E-state index in [9.17, 15) is 18.0 Å². The molecule has 1 aromatic heterocycles. The van der Waals surface area contributed by atoms with Crippen LogP contribution in [0.5, 0.6) is 11.5 Å². The molecule has 0 bridgehead atoms. The lowest BCUT2D eigenvalue weighted by atomic mass is 10.2. The molecule has 0 radical (unpaired) electrons. The number of hydrogen-bond acceptors (Lipinski definition) is 5. The molecule has 1 amide bonds. The summed E-state index contributed by atoms with van der Waals surface area (Å²) in [5.41, 5.74) is 1.49. The van der Waals surface area contributed by atoms with E-state index in [1.54, 1.807) is 25.3 Å². The lowest BCUT2D eigenvalue weighted by Gasteiger charge is -2.16. The zero-order chi connectivity index (χ0) is 20.9. The van der Waals surface area contributed by atoms with Crippen LogP contribution in [0.3, 0.4) is 0 Å². The van der Waals surface area contributed by atoms with E-state index in [0.717, 1.165) is 5.56 Å². The molecule has 1 heterocycles. The summed E-state index contributed by atoms with van der Waals surface area (Å²) in [5.74, 6) is 0.805. The Bertz CT molecular complexity index is 821. The largest absolute Gasteiger partial charge is 0.493 e. The van der Waals surface area contributed by atoms with Crippen LogP contribution in [0.25, 0.3) is 0 Å². The first-order chi connectivity index (χ1) is 13.1. The average Bonchev–Trinajstić information content (AvgIpc) is 2.98. The SMILES string of the molecule is COc1ccc(Cn2ncc(C)c2NC(=O)C(C)OCC(F)(F)F)cc1OC. The van der Waals surface area contributed by atoms with Gasteiger partial charge < -0.3 is 19.5 Å². The Morgan fingerprint density at radius 1 is 1.25 bits per heavy atom. The molecule has 1 aromatic carbocycles. The summed E-state index contributed by atoms with van der Waals surface area (Å²) in [5, 5.41) is 6.80. The van der Waals surface area contributed by atoms with E-state index in [-0.39, 0.29) is 0 Å². The highest BCUT2D eigenvalue weighted by molar-refractivity contribution is 5.93. The van der Waals surface area contributed by atoms with E-state index in [1.807, 2.05) is 6.07 Å². The number of nitrogens with one attached hydrogen (secondary N) is 1. The van der Waals surface area contributed by atoms with Crippen molar-refractivity contribution in [3.63, 3.8) is 0 Å². The fraction of sp³-hybridized carbons (Fsp3) is 0.444. The standard InChI is InChI=1S/C18H22F3N3O4/c1-11-8-22-24(9-13-5-6-14(26-3)15(7-13)27-4)16(11)23-17(25)12(2)28-10-18(19,20)21/h5-8,12H,9-10H2,1-4H3,(H,23,25). The Morgan fingerprint density at radius 3 is 2.54 bits per heavy atom. The zero-order valence-corrected chi connectivity index (χ0v) is 16.0. The molecule has 0 saturated carbocycles. The molecule has 0 aliphatic carbocycles. The highest BCUT2D eigenvalue weighted by Crippen LogP contribution is 2.28. The summed E-state index contributed by atoms with van der Waals surface area (Å²) >= 11 is 0. The molecule has 0 saturated heterocycles. The van der Waals surface area contributed by atoms with E-state index in [2.05, 4.69) is 15.2 Å². The number of halogens is 3. The summed E-state index contributed by atoms with van der Waals surface area (Å²) in [6, 6.07) is 5.34. The Hall–Kier alpha value is -2.75. The highest BCUT2D eigenvalue weighted by atomic mass is 19.4. The minimum atomic E-state index is -4.50. The maximum Gasteiger partial charge on any atom is 0.411 e. The Kier molecular flexibility index (Phi) is 6.90. The number of nitrogens with zero attached hydrogens (tertiary/aromatic N) is 2. The lowest BCUT2D eigenvalue weighted by molar-refractivity contribution is -0.184. The number of methoxy groups -OCH3 is 2. The number of alkyl halides is 3. The van der Waals surface area contributed by atoms with Crippen molar-refractivity contribution in [2.45, 2.75) is 32.7 Å². The van der Waals surface area contributed by atoms with E-state index < -0.39 is 24.8 Å². The molecule has 2 rings (SSSR count). The van der Waals surface area contributed by atoms with Gasteiger partial charge in [0.1, 0.15) is 18.5 Å². The number of amides is 1. The molecular formula is C18H22F3N3O4. The van der Waals surface area contributed by atoms with Gasteiger partial charge in [0.25, 0.3) is 5.91 Å². The van der Waals surface area contributed by atoms with E-state index in [4.69, 9.17) is 9.47 Å². The van der Waals surface area contributed by atoms with E-state index >= 15 is 0 Å². The topological polar surface area (TPSA) is 74.6 Å². The molecule has 0 aliphatic heterocycles. The van der Waals surface area contributed by atoms with Crippen LogP contribution in [0.2, 0.25) is 0 Å². The second kappa shape index (κ2) is 8.96. The second-order valence-electron chi connectivity index (χ2n) is 6.08. The number of hydrogen-bond donors (Lipinski definition) is 1. The van der Waals surface area contributed by atoms with E-state index in [1.165, 1.54) is 25.8 Å². The van der Waals surface area contributed by atoms with E-state index in [0.29, 0.717) is 29.4 Å². The van der Waals surface area contributed by atoms with Crippen molar-refractivity contribution in [3.05, 3.63) is 35.5 Å². The molecular weight excluding hydrogens is 379 g/mol. The zero-order valence-electron chi connectivity index (χ0n) is 16.0. The number of benzene rings is 1. The van der Waals surface area contributed by atoms with Crippen LogP contribution >= 0.6 is 0 Å². The number of carbonyl (C=O) groups excluding carboxylic acids is 1. The molecule has 1 unspecified atom stereocenters. The smallest absolute Gasteiger partial charge is 0.411 e. The van der Waals surface area contributed by atoms with Crippen LogP contribution in [-0.4, -0.2) is 48.8 Å². The number of anilines is 1. The lowest BCUT2D eigenvalue weighted by Crippen LogP contribution is -2.32. The monoisotopic (exact) mass is 401 g/mol. The first-order valence-corrected chi connectivity index (χ1v) is 8.37. The summed E-state index contributed by atoms with van der Waals surface area (Å²) in [6.45, 7) is 1.80. The van der Waals surface area contributed by atoms with Crippen LogP contribution in [0.4, 0.5) is 19.0 Å². The molecule has 1 atom stereocenters. The molecule has 0 fully saturated rings. The Labute approximate surface area is 160 Å². The van der Waals surface area contributed by atoms with Crippen molar-refractivity contribution in [1.82, 2.24) is 9.78 Å². The summed E-state index contributed by atoms with van der Waals surface area (Å²) in [6.07, 6.45) is -4.22. The van der Waals surface area contributed by atoms with Gasteiger partial charge in [-0.25, -0.2) is 4.68 Å². The molecule has 28 heavy (non-hydrogen) atoms. The fourth-order valence-electron chi connectivity index (χ4n) is 2.43. The van der Waals surface area contributed by atoms with Crippen LogP contribution in [-0.2, 0) is 16.1 Å². The second-order valence-corrected chi connectivity index (χ2v) is 6.08. The maximum absolute atomic E-state index is 12.3. The van der Waals surface area contributed by atoms with Gasteiger partial charge in [-0.15, -0.1) is 0 Å². The van der Waals surface area contributed by atoms with Gasteiger partial charge in [0, 0.05) is 5.56 Å². The van der Waals surface area contributed by atoms with Gasteiger partial charge in [0.05, 0.1) is 27.0 Å². The predicted octanol–water partition coefficient (Wildman–Crippen LogP) is 3.16. The van der Waals surface area contributed by atoms with Gasteiger partial charge in [-0.05, 0) is 31.5 Å². The van der Waals surface area contributed by atoms with Gasteiger partial charge in [-0.2, -0.15) is 18.3 Å². The van der Waals surface area contributed by atoms with Crippen molar-refractivity contribution in [2.75, 3.05) is 26.1 Å². The van der Waals surface area contributed by atoms with Crippen LogP contribution in [0.15, 0.2) is 24.4 Å². The predicted molar refractivity (Wildman–Crippen MR) is 95.7 cm³/mol. The van der Waals surface area contributed by atoms with Crippen molar-refractivity contribution in [3.8, 4) is 11.5 Å². The number of aryl methyl sites for hydroxylation is 1. The quantitative estimate of drug-likeness (QED) is 0.736. The number of carbonyl (C=O) groups is 1. The minimum absolute atomic E-state index is 0.307. The number of aromatic nitrogens is 2. The average molecular weight is 401 g/mol. The molecule has 154 valence electrons. The summed E-state index contributed by atoms with van der Waals surface area (Å²) < 4.78 is 53.3. The van der Waals surface area contributed by atoms with Crippen molar-refractivity contribution in [1.29, 1.82) is 0 Å². The Balaban J connectivity index is 2.12. The highest BCUT2D eigenvalue weighted by Gasteiger charge is 2.30. The summed E-state index contributed by atoms with van der Waals surface area (Å²) in [4.78, 5) is 12.2. The van der Waals surface area contributed by atoms with Crippen molar-refractivity contribution >= 4 is 11.7 Å². The van der Waals surface area contributed by atoms with Crippen LogP contribution < -0.4 is 14.8 Å². The molecule has 0 aliphatic rings. The van der Waals surface area contributed by atoms with Gasteiger partial charge >= 0.3 is 6.18 Å². The number of ether oxygens (including phenoxy) is 3. The van der Waals surface area contributed by atoms with Crippen LogP contribution in [0, 0.1) is 6.92 Å². The number of rotatable bonds is 8. The minimum Gasteiger partial charge on any atom is -0.493 e. The van der Waals surface area contributed by atoms with Gasteiger partial charge in [0.2, 0.25) is 0 Å². The molecule has 2 aromatic rings. The fourth-order valence-corrected chi connectivity index (χ4v) is 2.43. The maximum atomic E-state index is 12.3. The normalized spacial score (nSPS) is 12.5. The van der Waals surface area contributed by atoms with Crippen molar-refractivity contribution in [2.24, 2.45) is 0 Å². The van der Waals surface area contributed by atoms with Gasteiger partial charge in [-0.3, -0.25) is 4.79 Å². The van der Waals surface area contributed by atoms with Gasteiger partial charge in [0.15, 0.2) is 11.5 Å². The van der Waals surface area contributed by atoms with Crippen LogP contribution in [0.1, 0.15) is 18.1 Å². The molecule has 7 nitrogen and oxygen atoms in total. The third kappa shape index (κ3) is 5.62. The third-order valence-electron chi connectivity index (χ3n) is 3.91. The molecule has 0 spiro atoms. The third-order valence-corrected chi connectivity index (χ3v) is 3.91. The Morgan fingerprint density at radius 2 is 1.93 bits per heavy atom. The molecule has 1 N–H and O–H groups in total. The first-order valence-electron chi connectivity index (χ1n) is 8.37. The summed E-state index contributed by atoms with van der Waals surface area (Å²) in [7, 11) is 3.05. The molecule has 10 heteroatoms. The van der Waals surface area contributed by atoms with Crippen molar-refractivity contribution < 1.29 is 32.2 Å². The van der Waals surface area contributed by atoms with Gasteiger partial charge in [-0.1, -0.05) is 6.07 Å². The first kappa shape index (κ1) is 21.5.